The van der Waals surface area contributed by atoms with Crippen molar-refractivity contribution in [3.05, 3.63) is 68.8 Å². The molecule has 0 unspecified atom stereocenters. The first kappa shape index (κ1) is 17.4. The van der Waals surface area contributed by atoms with Crippen LogP contribution in [0.25, 0.3) is 16.6 Å². The molecule has 0 saturated carbocycles. The standard InChI is InChI=1S/C19H16BrN5O2/c1-11-6-7-15(14(20)8-11)22-16(26)9-25-19(27)24-10-21-17-12(2)4-3-5-13(17)18(24)23-25/h3-8,10H,9H2,1-2H3,(H,22,26). The van der Waals surface area contributed by atoms with E-state index in [-0.39, 0.29) is 12.5 Å². The molecule has 2 heterocycles. The molecule has 0 bridgehead atoms. The van der Waals surface area contributed by atoms with E-state index in [0.717, 1.165) is 31.2 Å². The molecule has 2 aromatic heterocycles. The van der Waals surface area contributed by atoms with E-state index in [2.05, 4.69) is 31.3 Å². The van der Waals surface area contributed by atoms with Crippen molar-refractivity contribution in [1.29, 1.82) is 0 Å². The molecule has 0 radical (unpaired) electrons. The van der Waals surface area contributed by atoms with Crippen LogP contribution >= 0.6 is 15.9 Å². The quantitative estimate of drug-likeness (QED) is 0.546. The van der Waals surface area contributed by atoms with E-state index in [1.807, 2.05) is 50.2 Å². The van der Waals surface area contributed by atoms with Crippen molar-refractivity contribution >= 4 is 44.1 Å². The third kappa shape index (κ3) is 3.12. The summed E-state index contributed by atoms with van der Waals surface area (Å²) in [5, 5.41) is 7.92. The fourth-order valence-electron chi connectivity index (χ4n) is 2.98. The van der Waals surface area contributed by atoms with Crippen molar-refractivity contribution in [2.75, 3.05) is 5.32 Å². The maximum absolute atomic E-state index is 12.6. The number of carbonyl (C=O) groups is 1. The summed E-state index contributed by atoms with van der Waals surface area (Å²) in [4.78, 5) is 29.4. The van der Waals surface area contributed by atoms with Gasteiger partial charge in [0.05, 0.1) is 11.2 Å². The summed E-state index contributed by atoms with van der Waals surface area (Å²) in [5.74, 6) is -0.335. The zero-order valence-electron chi connectivity index (χ0n) is 14.7. The molecular formula is C19H16BrN5O2. The largest absolute Gasteiger partial charge is 0.352 e. The summed E-state index contributed by atoms with van der Waals surface area (Å²) in [7, 11) is 0. The second kappa shape index (κ2) is 6.62. The molecule has 4 rings (SSSR count). The fraction of sp³-hybridized carbons (Fsp3) is 0.158. The van der Waals surface area contributed by atoms with Crippen molar-refractivity contribution in [3.63, 3.8) is 0 Å². The minimum atomic E-state index is -0.404. The van der Waals surface area contributed by atoms with Crippen LogP contribution in [-0.2, 0) is 11.3 Å². The number of aromatic nitrogens is 4. The van der Waals surface area contributed by atoms with Gasteiger partial charge in [0.1, 0.15) is 12.9 Å². The first-order valence-corrected chi connectivity index (χ1v) is 9.13. The van der Waals surface area contributed by atoms with E-state index in [1.165, 1.54) is 10.7 Å². The molecule has 1 amide bonds. The van der Waals surface area contributed by atoms with Crippen LogP contribution in [0.1, 0.15) is 11.1 Å². The Morgan fingerprint density at radius 1 is 1.22 bits per heavy atom. The van der Waals surface area contributed by atoms with E-state index < -0.39 is 5.69 Å². The number of fused-ring (bicyclic) bond motifs is 3. The third-order valence-electron chi connectivity index (χ3n) is 4.34. The minimum absolute atomic E-state index is 0.186. The number of amides is 1. The van der Waals surface area contributed by atoms with Crippen LogP contribution in [0, 0.1) is 13.8 Å². The second-order valence-corrected chi connectivity index (χ2v) is 7.24. The van der Waals surface area contributed by atoms with Crippen LogP contribution in [-0.4, -0.2) is 25.1 Å². The van der Waals surface area contributed by atoms with Crippen LogP contribution in [0.4, 0.5) is 5.69 Å². The highest BCUT2D eigenvalue weighted by atomic mass is 79.9. The van der Waals surface area contributed by atoms with Crippen molar-refractivity contribution in [1.82, 2.24) is 19.2 Å². The molecule has 0 aliphatic rings. The van der Waals surface area contributed by atoms with Gasteiger partial charge in [-0.05, 0) is 59.1 Å². The van der Waals surface area contributed by atoms with E-state index in [9.17, 15) is 9.59 Å². The van der Waals surface area contributed by atoms with Crippen LogP contribution in [0.5, 0.6) is 0 Å². The van der Waals surface area contributed by atoms with Crippen LogP contribution in [0.15, 0.2) is 52.0 Å². The van der Waals surface area contributed by atoms with Gasteiger partial charge >= 0.3 is 5.69 Å². The third-order valence-corrected chi connectivity index (χ3v) is 5.00. The molecule has 136 valence electrons. The second-order valence-electron chi connectivity index (χ2n) is 6.38. The Hall–Kier alpha value is -3.00. The molecule has 1 N–H and O–H groups in total. The fourth-order valence-corrected chi connectivity index (χ4v) is 3.58. The number of halogens is 1. The van der Waals surface area contributed by atoms with Crippen molar-refractivity contribution < 1.29 is 4.79 Å². The van der Waals surface area contributed by atoms with Gasteiger partial charge in [-0.25, -0.2) is 18.9 Å². The molecule has 2 aromatic carbocycles. The SMILES string of the molecule is Cc1ccc(NC(=O)Cn2nc3c4cccc(C)c4ncn3c2=O)c(Br)c1. The number of hydrogen-bond acceptors (Lipinski definition) is 4. The lowest BCUT2D eigenvalue weighted by molar-refractivity contribution is -0.117. The van der Waals surface area contributed by atoms with Gasteiger partial charge < -0.3 is 5.32 Å². The number of hydrogen-bond donors (Lipinski definition) is 1. The Morgan fingerprint density at radius 2 is 2.04 bits per heavy atom. The van der Waals surface area contributed by atoms with Crippen LogP contribution in [0.2, 0.25) is 0 Å². The predicted octanol–water partition coefficient (Wildman–Crippen LogP) is 3.06. The average Bonchev–Trinajstić information content (AvgIpc) is 2.94. The zero-order valence-corrected chi connectivity index (χ0v) is 16.3. The van der Waals surface area contributed by atoms with Gasteiger partial charge in [-0.15, -0.1) is 5.10 Å². The van der Waals surface area contributed by atoms with Gasteiger partial charge in [0.2, 0.25) is 5.91 Å². The summed E-state index contributed by atoms with van der Waals surface area (Å²) in [6.07, 6.45) is 1.45. The Balaban J connectivity index is 1.68. The summed E-state index contributed by atoms with van der Waals surface area (Å²) >= 11 is 3.43. The van der Waals surface area contributed by atoms with Gasteiger partial charge in [-0.1, -0.05) is 18.2 Å². The van der Waals surface area contributed by atoms with Gasteiger partial charge in [-0.3, -0.25) is 4.79 Å². The maximum atomic E-state index is 12.6. The summed E-state index contributed by atoms with van der Waals surface area (Å²) in [6.45, 7) is 3.73. The minimum Gasteiger partial charge on any atom is -0.323 e. The van der Waals surface area contributed by atoms with E-state index >= 15 is 0 Å². The maximum Gasteiger partial charge on any atom is 0.352 e. The zero-order chi connectivity index (χ0) is 19.1. The average molecular weight is 426 g/mol. The number of benzene rings is 2. The summed E-state index contributed by atoms with van der Waals surface area (Å²) < 4.78 is 3.29. The van der Waals surface area contributed by atoms with Crippen molar-refractivity contribution in [2.24, 2.45) is 0 Å². The van der Waals surface area contributed by atoms with Crippen LogP contribution < -0.4 is 11.0 Å². The lowest BCUT2D eigenvalue weighted by atomic mass is 10.1. The Morgan fingerprint density at radius 3 is 2.81 bits per heavy atom. The highest BCUT2D eigenvalue weighted by molar-refractivity contribution is 9.10. The number of rotatable bonds is 3. The van der Waals surface area contributed by atoms with Crippen LogP contribution in [0.3, 0.4) is 0 Å². The number of anilines is 1. The number of para-hydroxylation sites is 1. The molecule has 0 spiro atoms. The molecule has 0 aliphatic carbocycles. The number of carbonyl (C=O) groups excluding carboxylic acids is 1. The Kier molecular flexibility index (Phi) is 4.27. The number of nitrogens with zero attached hydrogens (tertiary/aromatic N) is 4. The van der Waals surface area contributed by atoms with Crippen molar-refractivity contribution in [3.8, 4) is 0 Å². The molecule has 7 nitrogen and oxygen atoms in total. The molecule has 8 heteroatoms. The van der Waals surface area contributed by atoms with Crippen molar-refractivity contribution in [2.45, 2.75) is 20.4 Å². The summed E-state index contributed by atoms with van der Waals surface area (Å²) in [6, 6.07) is 11.3. The van der Waals surface area contributed by atoms with Gasteiger partial charge in [0, 0.05) is 9.86 Å². The topological polar surface area (TPSA) is 81.3 Å². The van der Waals surface area contributed by atoms with E-state index in [0.29, 0.717) is 11.3 Å². The molecule has 0 saturated heterocycles. The lowest BCUT2D eigenvalue weighted by Gasteiger charge is -2.07. The Labute approximate surface area is 162 Å². The molecule has 4 aromatic rings. The first-order valence-electron chi connectivity index (χ1n) is 8.33. The lowest BCUT2D eigenvalue weighted by Crippen LogP contribution is -2.28. The Bertz CT molecular complexity index is 1260. The first-order chi connectivity index (χ1) is 12.9. The predicted molar refractivity (Wildman–Crippen MR) is 107 cm³/mol. The number of aryl methyl sites for hydroxylation is 2. The molecule has 0 aliphatic heterocycles. The van der Waals surface area contributed by atoms with E-state index in [4.69, 9.17) is 0 Å². The summed E-state index contributed by atoms with van der Waals surface area (Å²) in [5.41, 5.74) is 3.59. The molecule has 0 fully saturated rings. The molecule has 0 atom stereocenters. The van der Waals surface area contributed by atoms with E-state index in [1.54, 1.807) is 0 Å². The molecular weight excluding hydrogens is 410 g/mol. The highest BCUT2D eigenvalue weighted by Gasteiger charge is 2.14. The number of nitrogens with one attached hydrogen (secondary N) is 1. The molecule has 27 heavy (non-hydrogen) atoms. The van der Waals surface area contributed by atoms with Gasteiger partial charge in [0.15, 0.2) is 5.65 Å². The monoisotopic (exact) mass is 425 g/mol. The smallest absolute Gasteiger partial charge is 0.323 e. The normalized spacial score (nSPS) is 11.2. The van der Waals surface area contributed by atoms with Gasteiger partial charge in [0.25, 0.3) is 0 Å². The highest BCUT2D eigenvalue weighted by Crippen LogP contribution is 2.23. The van der Waals surface area contributed by atoms with Gasteiger partial charge in [-0.2, -0.15) is 0 Å².